The Morgan fingerprint density at radius 2 is 0.795 bits per heavy atom. The molecule has 0 bridgehead atoms. The summed E-state index contributed by atoms with van der Waals surface area (Å²) in [6, 6.07) is -5.02. The Balaban J connectivity index is 1.17. The first-order valence-electron chi connectivity index (χ1n) is 48.2. The van der Waals surface area contributed by atoms with Crippen molar-refractivity contribution in [3.63, 3.8) is 0 Å². The van der Waals surface area contributed by atoms with Crippen LogP contribution in [0.2, 0.25) is 0 Å². The lowest BCUT2D eigenvalue weighted by molar-refractivity contribution is -0.393. The van der Waals surface area contributed by atoms with Crippen molar-refractivity contribution in [2.24, 2.45) is 0 Å². The molecular weight excluding hydrogens is 1750 g/mol. The van der Waals surface area contributed by atoms with Gasteiger partial charge >= 0.3 is 11.9 Å². The van der Waals surface area contributed by atoms with Crippen molar-refractivity contribution < 1.29 is 193 Å². The summed E-state index contributed by atoms with van der Waals surface area (Å²) in [5, 5.41) is 253. The largest absolute Gasteiger partial charge is 0.477 e. The molecule has 132 heavy (non-hydrogen) atoms. The standard InChI is InChI=1S/C90H161N3O39/c1-5-7-9-11-13-15-17-19-20-21-22-23-24-25-26-27-28-30-32-34-36-38-40-42-64(106)93-54(55(101)41-39-37-35-33-31-29-18-16-14-12-10-8-6-2)50-121-84-74(114)72(112)78(61(48-97)124-84)128-85-75(115)73(113)77(62(49-98)125-85)127-83-66(92-53(4)100)79(71(111)63(126-83)51-122-89(87(117)118)43-56(102)65(91-52(3)99)80(130-89)68(108)58(104)45-94)129-86-76(116)82(70(110)60(47-96)123-86)132-90(88(119)120)44-57(103)67(107)81(131-90)69(109)59(105)46-95/h39,41,54-63,65-86,94-98,101-105,107-116H,5-38,40,42-51H2,1-4H3,(H,91,99)(H,92,100)(H,93,106)(H,117,118)(H,119,120)/b41-39+/t54-,55+,56?,57?,58+,59+,60?,61?,62?,63?,65+,66?,67+,68+,69+,70-,71-,72+,73+,74?,75?,76?,77-,78+,79+,80?,81?,82-,83-,84+,85-,86-,89+,90-/m0/s1. The van der Waals surface area contributed by atoms with Crippen LogP contribution in [0.15, 0.2) is 12.2 Å². The van der Waals surface area contributed by atoms with Gasteiger partial charge in [-0.05, 0) is 19.3 Å². The minimum absolute atomic E-state index is 0.132. The highest BCUT2D eigenvalue weighted by molar-refractivity contribution is 5.77. The molecule has 0 aromatic carbocycles. The molecule has 0 aromatic heterocycles. The van der Waals surface area contributed by atoms with Gasteiger partial charge in [0, 0.05) is 33.1 Å². The number of carbonyl (C=O) groups excluding carboxylic acids is 3. The number of carboxylic acids is 2. The number of nitrogens with one attached hydrogen (secondary N) is 3. The normalized spacial score (nSPS) is 34.3. The minimum atomic E-state index is -3.36. The molecule has 3 amide bonds. The van der Waals surface area contributed by atoms with Crippen LogP contribution in [0.3, 0.4) is 0 Å². The molecule has 34 atom stereocenters. The third kappa shape index (κ3) is 35.8. The number of hydrogen-bond acceptors (Lipinski definition) is 37. The molecule has 42 nitrogen and oxygen atoms in total. The highest BCUT2D eigenvalue weighted by Crippen LogP contribution is 2.42. The quantitative estimate of drug-likeness (QED) is 0.0259. The van der Waals surface area contributed by atoms with E-state index in [1.54, 1.807) is 6.08 Å². The monoisotopic (exact) mass is 1910 g/mol. The molecule has 6 aliphatic rings. The van der Waals surface area contributed by atoms with E-state index in [9.17, 15) is 136 Å². The first kappa shape index (κ1) is 117. The van der Waals surface area contributed by atoms with Gasteiger partial charge in [-0.25, -0.2) is 9.59 Å². The van der Waals surface area contributed by atoms with Crippen molar-refractivity contribution in [3.8, 4) is 0 Å². The Morgan fingerprint density at radius 3 is 1.26 bits per heavy atom. The molecule has 0 spiro atoms. The number of rotatable bonds is 66. The maximum atomic E-state index is 13.7. The lowest BCUT2D eigenvalue weighted by atomic mass is 9.88. The van der Waals surface area contributed by atoms with Gasteiger partial charge in [0.1, 0.15) is 140 Å². The zero-order valence-electron chi connectivity index (χ0n) is 77.2. The van der Waals surface area contributed by atoms with Crippen LogP contribution in [0.1, 0.15) is 272 Å². The van der Waals surface area contributed by atoms with E-state index in [0.717, 1.165) is 71.6 Å². The fourth-order valence-corrected chi connectivity index (χ4v) is 17.8. The van der Waals surface area contributed by atoms with Crippen molar-refractivity contribution in [1.82, 2.24) is 16.0 Å². The summed E-state index contributed by atoms with van der Waals surface area (Å²) < 4.78 is 71.2. The van der Waals surface area contributed by atoms with E-state index in [-0.39, 0.29) is 12.3 Å². The fourth-order valence-electron chi connectivity index (χ4n) is 17.8. The Hall–Kier alpha value is -4.19. The zero-order chi connectivity index (χ0) is 97.2. The van der Waals surface area contributed by atoms with Crippen LogP contribution in [0.4, 0.5) is 0 Å². The minimum Gasteiger partial charge on any atom is -0.477 e. The van der Waals surface area contributed by atoms with Gasteiger partial charge in [0.2, 0.25) is 17.7 Å². The summed E-state index contributed by atoms with van der Waals surface area (Å²) in [6.07, 6.45) is -21.3. The predicted molar refractivity (Wildman–Crippen MR) is 465 cm³/mol. The predicted octanol–water partition coefficient (Wildman–Crippen LogP) is -0.892. The van der Waals surface area contributed by atoms with Crippen molar-refractivity contribution in [2.45, 2.75) is 479 Å². The number of aliphatic hydroxyl groups excluding tert-OH is 20. The molecular formula is C90H161N3O39. The van der Waals surface area contributed by atoms with Crippen molar-refractivity contribution in [1.29, 1.82) is 0 Å². The van der Waals surface area contributed by atoms with Gasteiger partial charge in [-0.2, -0.15) is 0 Å². The van der Waals surface area contributed by atoms with Crippen LogP contribution in [0.5, 0.6) is 0 Å². The molecule has 0 aliphatic carbocycles. The highest BCUT2D eigenvalue weighted by Gasteiger charge is 2.63. The highest BCUT2D eigenvalue weighted by atomic mass is 16.8. The summed E-state index contributed by atoms with van der Waals surface area (Å²) >= 11 is 0. The van der Waals surface area contributed by atoms with E-state index >= 15 is 0 Å². The Morgan fingerprint density at radius 1 is 0.409 bits per heavy atom. The molecule has 12 unspecified atom stereocenters. The van der Waals surface area contributed by atoms with Gasteiger partial charge in [0.15, 0.2) is 25.2 Å². The Labute approximate surface area is 773 Å². The molecule has 6 heterocycles. The van der Waals surface area contributed by atoms with Gasteiger partial charge in [-0.15, -0.1) is 0 Å². The van der Waals surface area contributed by atoms with Crippen molar-refractivity contribution in [3.05, 3.63) is 12.2 Å². The molecule has 6 aliphatic heterocycles. The van der Waals surface area contributed by atoms with Gasteiger partial charge in [-0.1, -0.05) is 231 Å². The van der Waals surface area contributed by atoms with E-state index < -0.39 is 290 Å². The summed E-state index contributed by atoms with van der Waals surface area (Å²) in [4.78, 5) is 66.3. The number of aliphatic hydroxyl groups is 20. The number of allylic oxidation sites excluding steroid dienone is 1. The third-order valence-electron chi connectivity index (χ3n) is 25.7. The van der Waals surface area contributed by atoms with Gasteiger partial charge < -0.3 is 185 Å². The molecule has 42 heteroatoms. The van der Waals surface area contributed by atoms with Crippen LogP contribution in [0.25, 0.3) is 0 Å². The number of hydrogen-bond donors (Lipinski definition) is 25. The number of unbranched alkanes of at least 4 members (excludes halogenated alkanes) is 33. The van der Waals surface area contributed by atoms with Gasteiger partial charge in [0.05, 0.1) is 76.6 Å². The SMILES string of the molecule is CCCCCCCCCCCCC/C=C/[C@@H](O)[C@H](CO[C@@H]1OC(CO)[C@@H](O[C@@H]2OC(CO)[C@H](O[C@@H]3OC(CO[C@]4(C(=O)O)CC(O)[C@@H](NC(C)=O)C([C@H](O)[C@H](O)CO)O4)[C@H](O)[C@H](O[C@@H]4OC(CO)[C@H](O)[C@H](O[C@]5(C(=O)O)CC(O)[C@@H](O)C([C@H](O)[C@H](O)CO)O5)C4O)C3NC(C)=O)[C@H](O)C2O)[C@H](O)C1O)NC(=O)CCCCCCCCCCCCCCCCCCCCCCCCC. The zero-order valence-corrected chi connectivity index (χ0v) is 77.2. The Kier molecular flexibility index (Phi) is 54.2. The van der Waals surface area contributed by atoms with Crippen molar-refractivity contribution >= 4 is 29.7 Å². The van der Waals surface area contributed by atoms with Crippen LogP contribution < -0.4 is 16.0 Å². The summed E-state index contributed by atoms with van der Waals surface area (Å²) in [5.74, 6) is -13.2. The maximum Gasteiger partial charge on any atom is 0.364 e. The molecule has 6 saturated heterocycles. The topological polar surface area (TPSA) is 677 Å². The second-order valence-electron chi connectivity index (χ2n) is 36.4. The lowest BCUT2D eigenvalue weighted by Crippen LogP contribution is -2.71. The number of carboxylic acid groups (broad SMARTS) is 2. The van der Waals surface area contributed by atoms with E-state index in [2.05, 4.69) is 29.8 Å². The molecule has 6 fully saturated rings. The number of amides is 3. The summed E-state index contributed by atoms with van der Waals surface area (Å²) in [6.45, 7) is -1.49. The molecule has 0 aromatic rings. The number of carbonyl (C=O) groups is 5. The first-order valence-corrected chi connectivity index (χ1v) is 48.2. The molecule has 770 valence electrons. The third-order valence-corrected chi connectivity index (χ3v) is 25.7. The lowest BCUT2D eigenvalue weighted by Gasteiger charge is -2.51. The van der Waals surface area contributed by atoms with Crippen LogP contribution in [-0.4, -0.2) is 396 Å². The van der Waals surface area contributed by atoms with Gasteiger partial charge in [0.25, 0.3) is 11.6 Å². The number of ether oxygens (including phenoxy) is 12. The van der Waals surface area contributed by atoms with Gasteiger partial charge in [-0.3, -0.25) is 14.4 Å². The first-order chi connectivity index (χ1) is 63.1. The molecule has 0 saturated carbocycles. The van der Waals surface area contributed by atoms with Crippen molar-refractivity contribution in [2.75, 3.05) is 46.2 Å². The second-order valence-corrected chi connectivity index (χ2v) is 36.4. The average molecular weight is 1910 g/mol. The van der Waals surface area contributed by atoms with E-state index in [0.29, 0.717) is 12.8 Å². The maximum absolute atomic E-state index is 13.7. The van der Waals surface area contributed by atoms with E-state index in [4.69, 9.17) is 56.8 Å². The summed E-state index contributed by atoms with van der Waals surface area (Å²) in [5.41, 5.74) is 0. The molecule has 0 radical (unpaired) electrons. The van der Waals surface area contributed by atoms with Crippen LogP contribution in [-0.2, 0) is 80.8 Å². The van der Waals surface area contributed by atoms with E-state index in [1.807, 2.05) is 6.08 Å². The average Bonchev–Trinajstić information content (AvgIpc) is 0.745. The van der Waals surface area contributed by atoms with E-state index in [1.165, 1.54) is 154 Å². The summed E-state index contributed by atoms with van der Waals surface area (Å²) in [7, 11) is 0. The molecule has 25 N–H and O–H groups in total. The number of aliphatic carboxylic acids is 2. The molecule has 6 rings (SSSR count). The smallest absolute Gasteiger partial charge is 0.364 e. The fraction of sp³-hybridized carbons (Fsp3) is 0.922. The van der Waals surface area contributed by atoms with Crippen LogP contribution >= 0.6 is 0 Å². The second kappa shape index (κ2) is 61.4. The van der Waals surface area contributed by atoms with Crippen LogP contribution in [0, 0.1) is 0 Å². The Bertz CT molecular complexity index is 3220.